The number of halogens is 1. The van der Waals surface area contributed by atoms with Crippen molar-refractivity contribution in [2.45, 2.75) is 13.0 Å². The first-order chi connectivity index (χ1) is 13.0. The fraction of sp³-hybridized carbons (Fsp3) is 0.333. The van der Waals surface area contributed by atoms with Crippen LogP contribution in [-0.2, 0) is 18.4 Å². The molecule has 1 amide bonds. The number of imidazole rings is 1. The van der Waals surface area contributed by atoms with Crippen molar-refractivity contribution in [1.29, 1.82) is 0 Å². The third kappa shape index (κ3) is 3.27. The average Bonchev–Trinajstić information content (AvgIpc) is 3.36. The minimum absolute atomic E-state index is 0.0163. The van der Waals surface area contributed by atoms with E-state index >= 15 is 0 Å². The van der Waals surface area contributed by atoms with E-state index in [0.29, 0.717) is 35.8 Å². The van der Waals surface area contributed by atoms with Crippen molar-refractivity contribution < 1.29 is 13.9 Å². The Labute approximate surface area is 154 Å². The van der Waals surface area contributed by atoms with Crippen molar-refractivity contribution in [3.8, 4) is 17.1 Å². The molecule has 9 heteroatoms. The summed E-state index contributed by atoms with van der Waals surface area (Å²) in [6.45, 7) is 4.18. The van der Waals surface area contributed by atoms with E-state index in [1.807, 2.05) is 17.7 Å². The molecule has 27 heavy (non-hydrogen) atoms. The van der Waals surface area contributed by atoms with Crippen LogP contribution in [0.1, 0.15) is 6.42 Å². The second-order valence-electron chi connectivity index (χ2n) is 6.49. The zero-order valence-electron chi connectivity index (χ0n) is 14.9. The van der Waals surface area contributed by atoms with Crippen LogP contribution in [-0.4, -0.2) is 43.4 Å². The van der Waals surface area contributed by atoms with Crippen LogP contribution in [0.2, 0.25) is 0 Å². The number of carbonyl (C=O) groups excluding carboxylic acids is 1. The molecule has 0 radical (unpaired) electrons. The molecule has 8 nitrogen and oxygen atoms in total. The van der Waals surface area contributed by atoms with Crippen LogP contribution < -0.4 is 10.1 Å². The van der Waals surface area contributed by atoms with Gasteiger partial charge in [-0.3, -0.25) is 9.48 Å². The van der Waals surface area contributed by atoms with Crippen LogP contribution in [0.25, 0.3) is 22.3 Å². The molecule has 1 N–H and O–H groups in total. The predicted molar refractivity (Wildman–Crippen MR) is 96.6 cm³/mol. The minimum Gasteiger partial charge on any atom is -0.442 e. The van der Waals surface area contributed by atoms with Gasteiger partial charge in [0.25, 0.3) is 0 Å². The van der Waals surface area contributed by atoms with Gasteiger partial charge in [-0.15, -0.1) is 0 Å². The molecule has 0 aliphatic carbocycles. The van der Waals surface area contributed by atoms with Crippen LogP contribution >= 0.6 is 0 Å². The first-order valence-corrected chi connectivity index (χ1v) is 8.59. The molecule has 0 aromatic carbocycles. The van der Waals surface area contributed by atoms with E-state index in [1.54, 1.807) is 18.7 Å². The molecule has 0 unspecified atom stereocenters. The van der Waals surface area contributed by atoms with Gasteiger partial charge >= 0.3 is 0 Å². The molecule has 1 aliphatic rings. The third-order valence-corrected chi connectivity index (χ3v) is 4.57. The highest BCUT2D eigenvalue weighted by Gasteiger charge is 2.26. The molecule has 0 spiro atoms. The number of nitrogens with zero attached hydrogens (tertiary/aromatic N) is 5. The van der Waals surface area contributed by atoms with Crippen molar-refractivity contribution in [1.82, 2.24) is 29.6 Å². The predicted octanol–water partition coefficient (Wildman–Crippen LogP) is 1.83. The zero-order valence-corrected chi connectivity index (χ0v) is 14.9. The van der Waals surface area contributed by atoms with Crippen LogP contribution in [0.4, 0.5) is 4.39 Å². The Kier molecular flexibility index (Phi) is 4.35. The van der Waals surface area contributed by atoms with E-state index in [1.165, 1.54) is 4.68 Å². The van der Waals surface area contributed by atoms with Gasteiger partial charge in [0.05, 0.1) is 30.3 Å². The smallest absolute Gasteiger partial charge is 0.246 e. The number of ether oxygens (including phenoxy) is 1. The van der Waals surface area contributed by atoms with Crippen molar-refractivity contribution in [2.24, 2.45) is 13.0 Å². The second-order valence-corrected chi connectivity index (χ2v) is 6.49. The van der Waals surface area contributed by atoms with Gasteiger partial charge in [0.1, 0.15) is 18.0 Å². The van der Waals surface area contributed by atoms with E-state index in [9.17, 15) is 9.18 Å². The lowest BCUT2D eigenvalue weighted by Crippen LogP contribution is -2.15. The van der Waals surface area contributed by atoms with Crippen molar-refractivity contribution in [2.75, 3.05) is 13.2 Å². The maximum atomic E-state index is 12.5. The van der Waals surface area contributed by atoms with Gasteiger partial charge in [-0.05, 0) is 6.07 Å². The topological polar surface area (TPSA) is 86.9 Å². The lowest BCUT2D eigenvalue weighted by atomic mass is 10.1. The Hall–Kier alpha value is -3.23. The Balaban J connectivity index is 1.70. The van der Waals surface area contributed by atoms with Gasteiger partial charge in [-0.25, -0.2) is 14.4 Å². The quantitative estimate of drug-likeness (QED) is 0.669. The molecule has 3 aromatic rings. The molecular weight excluding hydrogens is 351 g/mol. The Morgan fingerprint density at radius 1 is 1.52 bits per heavy atom. The molecule has 3 aromatic heterocycles. The molecule has 4 heterocycles. The van der Waals surface area contributed by atoms with E-state index in [0.717, 1.165) is 11.1 Å². The van der Waals surface area contributed by atoms with Crippen molar-refractivity contribution in [3.63, 3.8) is 0 Å². The minimum atomic E-state index is -0.490. The van der Waals surface area contributed by atoms with Gasteiger partial charge in [0.2, 0.25) is 11.8 Å². The molecule has 1 saturated heterocycles. The van der Waals surface area contributed by atoms with Crippen LogP contribution in [0, 0.1) is 5.92 Å². The summed E-state index contributed by atoms with van der Waals surface area (Å²) in [7, 11) is 1.85. The molecule has 1 atom stereocenters. The maximum Gasteiger partial charge on any atom is 0.246 e. The number of aryl methyl sites for hydroxylation is 2. The third-order valence-electron chi connectivity index (χ3n) is 4.57. The summed E-state index contributed by atoms with van der Waals surface area (Å²) in [5.41, 5.74) is 2.80. The van der Waals surface area contributed by atoms with Gasteiger partial charge in [-0.1, -0.05) is 6.58 Å². The number of rotatable bonds is 6. The number of aromatic nitrogens is 5. The van der Waals surface area contributed by atoms with Gasteiger partial charge < -0.3 is 14.6 Å². The van der Waals surface area contributed by atoms with Crippen molar-refractivity contribution in [3.05, 3.63) is 37.1 Å². The normalized spacial score (nSPS) is 16.7. The molecule has 0 bridgehead atoms. The van der Waals surface area contributed by atoms with Crippen LogP contribution in [0.3, 0.4) is 0 Å². The summed E-state index contributed by atoms with van der Waals surface area (Å²) in [5, 5.41) is 6.91. The van der Waals surface area contributed by atoms with E-state index in [2.05, 4.69) is 27.0 Å². The van der Waals surface area contributed by atoms with E-state index in [4.69, 9.17) is 4.74 Å². The van der Waals surface area contributed by atoms with Gasteiger partial charge in [0, 0.05) is 37.7 Å². The first kappa shape index (κ1) is 17.2. The number of pyridine rings is 1. The van der Waals surface area contributed by atoms with Crippen LogP contribution in [0.5, 0.6) is 5.88 Å². The highest BCUT2D eigenvalue weighted by molar-refractivity contribution is 5.84. The molecule has 1 fully saturated rings. The summed E-state index contributed by atoms with van der Waals surface area (Å²) >= 11 is 0. The highest BCUT2D eigenvalue weighted by Crippen LogP contribution is 2.31. The SMILES string of the molecule is C=C(Oc1nc(-c2cnn(CCF)c2)cc2ncn(C)c12)[C@H]1CNC(=O)C1. The summed E-state index contributed by atoms with van der Waals surface area (Å²) in [4.78, 5) is 20.5. The molecule has 140 valence electrons. The summed E-state index contributed by atoms with van der Waals surface area (Å²) in [5.74, 6) is 0.731. The van der Waals surface area contributed by atoms with Gasteiger partial charge in [-0.2, -0.15) is 5.10 Å². The number of alkyl halides is 1. The van der Waals surface area contributed by atoms with E-state index < -0.39 is 6.67 Å². The zero-order chi connectivity index (χ0) is 19.0. The Bertz CT molecular complexity index is 1020. The number of nitrogens with one attached hydrogen (secondary N) is 1. The molecular formula is C18H19FN6O2. The number of hydrogen-bond acceptors (Lipinski definition) is 5. The largest absolute Gasteiger partial charge is 0.442 e. The van der Waals surface area contributed by atoms with Crippen molar-refractivity contribution >= 4 is 16.9 Å². The van der Waals surface area contributed by atoms with E-state index in [-0.39, 0.29) is 18.4 Å². The molecule has 4 rings (SSSR count). The maximum absolute atomic E-state index is 12.5. The average molecular weight is 370 g/mol. The number of hydrogen-bond donors (Lipinski definition) is 1. The monoisotopic (exact) mass is 370 g/mol. The molecule has 0 saturated carbocycles. The Morgan fingerprint density at radius 2 is 2.37 bits per heavy atom. The summed E-state index contributed by atoms with van der Waals surface area (Å²) in [6.07, 6.45) is 5.39. The number of carbonyl (C=O) groups is 1. The summed E-state index contributed by atoms with van der Waals surface area (Å²) < 4.78 is 21.8. The lowest BCUT2D eigenvalue weighted by Gasteiger charge is -2.14. The number of amides is 1. The standard InChI is InChI=1S/C18H19FN6O2/c1-11(12-5-16(26)20-7-12)27-18-17-15(21-10-24(17)2)6-14(23-18)13-8-22-25(9-13)4-3-19/h6,8-10,12H,1,3-5,7H2,2H3,(H,20,26)/t12-/m1/s1. The fourth-order valence-electron chi connectivity index (χ4n) is 3.10. The lowest BCUT2D eigenvalue weighted by molar-refractivity contribution is -0.119. The first-order valence-electron chi connectivity index (χ1n) is 8.59. The highest BCUT2D eigenvalue weighted by atomic mass is 19.1. The molecule has 1 aliphatic heterocycles. The van der Waals surface area contributed by atoms with Crippen LogP contribution in [0.15, 0.2) is 37.1 Å². The number of fused-ring (bicyclic) bond motifs is 1. The van der Waals surface area contributed by atoms with Gasteiger partial charge in [0.15, 0.2) is 0 Å². The Morgan fingerprint density at radius 3 is 3.11 bits per heavy atom. The summed E-state index contributed by atoms with van der Waals surface area (Å²) in [6, 6.07) is 1.84. The second kappa shape index (κ2) is 6.82. The fourth-order valence-corrected chi connectivity index (χ4v) is 3.10.